The van der Waals surface area contributed by atoms with Crippen LogP contribution in [0.25, 0.3) is 16.8 Å². The Bertz CT molecular complexity index is 899. The molecule has 29 heavy (non-hydrogen) atoms. The molecule has 0 unspecified atom stereocenters. The molecule has 0 radical (unpaired) electrons. The first-order valence-electron chi connectivity index (χ1n) is 10.0. The lowest BCUT2D eigenvalue weighted by atomic mass is 9.74. The van der Waals surface area contributed by atoms with Crippen LogP contribution in [-0.4, -0.2) is 32.6 Å². The molecule has 1 fully saturated rings. The summed E-state index contributed by atoms with van der Waals surface area (Å²) in [7, 11) is 0. The smallest absolute Gasteiger partial charge is 0.125 e. The van der Waals surface area contributed by atoms with Gasteiger partial charge in [-0.05, 0) is 82.7 Å². The number of aromatic nitrogens is 2. The van der Waals surface area contributed by atoms with Crippen LogP contribution in [0, 0.1) is 11.3 Å². The summed E-state index contributed by atoms with van der Waals surface area (Å²) in [4.78, 5) is 0. The second-order valence-electron chi connectivity index (χ2n) is 9.28. The van der Waals surface area contributed by atoms with E-state index in [2.05, 4.69) is 43.2 Å². The second-order valence-corrected chi connectivity index (χ2v) is 9.28. The van der Waals surface area contributed by atoms with Crippen molar-refractivity contribution in [1.82, 2.24) is 15.5 Å². The maximum atomic E-state index is 10.4. The number of nitrogens with one attached hydrogen (secondary N) is 2. The zero-order valence-corrected chi connectivity index (χ0v) is 17.7. The van der Waals surface area contributed by atoms with Crippen molar-refractivity contribution in [1.29, 1.82) is 5.41 Å². The van der Waals surface area contributed by atoms with Gasteiger partial charge in [-0.2, -0.15) is 10.2 Å². The highest BCUT2D eigenvalue weighted by atomic mass is 16.3. The highest BCUT2D eigenvalue weighted by Crippen LogP contribution is 2.35. The maximum absolute atomic E-state index is 10.4. The van der Waals surface area contributed by atoms with Crippen LogP contribution in [0.15, 0.2) is 36.5 Å². The van der Waals surface area contributed by atoms with Crippen LogP contribution in [0.5, 0.6) is 5.75 Å². The molecule has 0 bridgehead atoms. The minimum atomic E-state index is 0.0904. The summed E-state index contributed by atoms with van der Waals surface area (Å²) >= 11 is 0. The number of allylic oxidation sites excluding steroid dienone is 1. The standard InChI is InChI=1S/C23H31N5O/c1-22(2)11-15(12-23(3,4)28-22)9-18-6-8-20(27-26-18)19-7-5-16(10-21(19)29)17(13-24)14-25/h5-8,10,13-15,24,28-29H,9,11-12,25H2,1-4H3. The molecule has 3 rings (SSSR count). The van der Waals surface area contributed by atoms with Gasteiger partial charge < -0.3 is 21.6 Å². The topological polar surface area (TPSA) is 108 Å². The molecule has 5 N–H and O–H groups in total. The molecule has 0 atom stereocenters. The third-order valence-electron chi connectivity index (χ3n) is 5.43. The molecule has 0 spiro atoms. The van der Waals surface area contributed by atoms with Crippen LogP contribution >= 0.6 is 0 Å². The molecule has 1 saturated heterocycles. The van der Waals surface area contributed by atoms with Gasteiger partial charge in [-0.15, -0.1) is 0 Å². The van der Waals surface area contributed by atoms with Gasteiger partial charge >= 0.3 is 0 Å². The van der Waals surface area contributed by atoms with Gasteiger partial charge in [-0.25, -0.2) is 0 Å². The number of phenolic OH excluding ortho intramolecular Hbond substituents is 1. The van der Waals surface area contributed by atoms with Crippen molar-refractivity contribution in [2.24, 2.45) is 11.7 Å². The van der Waals surface area contributed by atoms with E-state index in [0.717, 1.165) is 31.2 Å². The molecule has 6 heteroatoms. The molecular formula is C23H31N5O. The van der Waals surface area contributed by atoms with Crippen molar-refractivity contribution in [2.75, 3.05) is 0 Å². The normalized spacial score (nSPS) is 19.1. The van der Waals surface area contributed by atoms with E-state index in [1.54, 1.807) is 12.1 Å². The Morgan fingerprint density at radius 2 is 1.86 bits per heavy atom. The van der Waals surface area contributed by atoms with E-state index in [4.69, 9.17) is 11.1 Å². The number of piperidine rings is 1. The van der Waals surface area contributed by atoms with Gasteiger partial charge in [0.1, 0.15) is 5.75 Å². The highest BCUT2D eigenvalue weighted by molar-refractivity contribution is 6.08. The molecule has 1 aliphatic heterocycles. The average Bonchev–Trinajstić information content (AvgIpc) is 2.61. The van der Waals surface area contributed by atoms with E-state index in [-0.39, 0.29) is 16.8 Å². The van der Waals surface area contributed by atoms with Crippen LogP contribution in [-0.2, 0) is 6.42 Å². The highest BCUT2D eigenvalue weighted by Gasteiger charge is 2.37. The average molecular weight is 394 g/mol. The lowest BCUT2D eigenvalue weighted by Crippen LogP contribution is -2.58. The number of benzene rings is 1. The van der Waals surface area contributed by atoms with Crippen LogP contribution in [0.3, 0.4) is 0 Å². The Morgan fingerprint density at radius 3 is 2.38 bits per heavy atom. The first-order chi connectivity index (χ1) is 13.6. The molecule has 1 aromatic heterocycles. The first-order valence-corrected chi connectivity index (χ1v) is 10.0. The lowest BCUT2D eigenvalue weighted by Gasteiger charge is -2.46. The van der Waals surface area contributed by atoms with E-state index >= 15 is 0 Å². The van der Waals surface area contributed by atoms with Crippen LogP contribution in [0.4, 0.5) is 0 Å². The van der Waals surface area contributed by atoms with Gasteiger partial charge in [0.15, 0.2) is 0 Å². The van der Waals surface area contributed by atoms with Crippen molar-refractivity contribution in [3.8, 4) is 17.0 Å². The number of aromatic hydroxyl groups is 1. The molecule has 2 heterocycles. The molecule has 1 aliphatic rings. The Morgan fingerprint density at radius 1 is 1.17 bits per heavy atom. The van der Waals surface area contributed by atoms with Gasteiger partial charge in [-0.3, -0.25) is 0 Å². The molecule has 6 nitrogen and oxygen atoms in total. The van der Waals surface area contributed by atoms with Crippen molar-refractivity contribution >= 4 is 11.8 Å². The molecule has 154 valence electrons. The summed E-state index contributed by atoms with van der Waals surface area (Å²) in [5.74, 6) is 0.643. The fourth-order valence-electron chi connectivity index (χ4n) is 4.74. The Balaban J connectivity index is 1.76. The van der Waals surface area contributed by atoms with Crippen molar-refractivity contribution in [3.05, 3.63) is 47.8 Å². The number of nitrogens with two attached hydrogens (primary N) is 1. The predicted molar refractivity (Wildman–Crippen MR) is 118 cm³/mol. The molecule has 1 aromatic carbocycles. The fraction of sp³-hybridized carbons (Fsp3) is 0.435. The quantitative estimate of drug-likeness (QED) is 0.576. The zero-order valence-electron chi connectivity index (χ0n) is 17.7. The predicted octanol–water partition coefficient (Wildman–Crippen LogP) is 3.90. The van der Waals surface area contributed by atoms with E-state index in [1.165, 1.54) is 6.20 Å². The summed E-state index contributed by atoms with van der Waals surface area (Å²) < 4.78 is 0. The van der Waals surface area contributed by atoms with E-state index < -0.39 is 0 Å². The van der Waals surface area contributed by atoms with Crippen LogP contribution < -0.4 is 11.1 Å². The van der Waals surface area contributed by atoms with E-state index in [9.17, 15) is 5.11 Å². The van der Waals surface area contributed by atoms with Gasteiger partial charge in [0, 0.05) is 34.6 Å². The SMILES string of the molecule is CC1(C)CC(Cc2ccc(-c3ccc(C(C=N)=CN)cc3O)nn2)CC(C)(C)N1. The molecular weight excluding hydrogens is 362 g/mol. The van der Waals surface area contributed by atoms with Crippen molar-refractivity contribution in [3.63, 3.8) is 0 Å². The number of nitrogens with zero attached hydrogens (tertiary/aromatic N) is 2. The molecule has 2 aromatic rings. The summed E-state index contributed by atoms with van der Waals surface area (Å²) in [6.45, 7) is 9.02. The second kappa shape index (κ2) is 7.95. The van der Waals surface area contributed by atoms with Crippen molar-refractivity contribution in [2.45, 2.75) is 58.0 Å². The van der Waals surface area contributed by atoms with E-state index in [0.29, 0.717) is 28.3 Å². The third kappa shape index (κ3) is 5.01. The summed E-state index contributed by atoms with van der Waals surface area (Å²) in [5, 5.41) is 30.3. The minimum absolute atomic E-state index is 0.0904. The van der Waals surface area contributed by atoms with Crippen molar-refractivity contribution < 1.29 is 5.11 Å². The Labute approximate surface area is 172 Å². The lowest BCUT2D eigenvalue weighted by molar-refractivity contribution is 0.128. The largest absolute Gasteiger partial charge is 0.507 e. The number of hydrogen-bond donors (Lipinski definition) is 4. The minimum Gasteiger partial charge on any atom is -0.507 e. The van der Waals surface area contributed by atoms with Gasteiger partial charge in [-0.1, -0.05) is 6.07 Å². The third-order valence-corrected chi connectivity index (χ3v) is 5.43. The Hall–Kier alpha value is -2.73. The maximum Gasteiger partial charge on any atom is 0.125 e. The summed E-state index contributed by atoms with van der Waals surface area (Å²) in [6, 6.07) is 9.09. The summed E-state index contributed by atoms with van der Waals surface area (Å²) in [5.41, 5.74) is 9.18. The monoisotopic (exact) mass is 393 g/mol. The summed E-state index contributed by atoms with van der Waals surface area (Å²) in [6.07, 6.45) is 5.61. The number of rotatable bonds is 5. The van der Waals surface area contributed by atoms with Gasteiger partial charge in [0.2, 0.25) is 0 Å². The number of hydrogen-bond acceptors (Lipinski definition) is 6. The molecule has 0 saturated carbocycles. The van der Waals surface area contributed by atoms with E-state index in [1.807, 2.05) is 18.2 Å². The van der Waals surface area contributed by atoms with Crippen LogP contribution in [0.2, 0.25) is 0 Å². The zero-order chi connectivity index (χ0) is 21.2. The number of phenols is 1. The molecule has 0 amide bonds. The molecule has 0 aliphatic carbocycles. The Kier molecular flexibility index (Phi) is 5.75. The van der Waals surface area contributed by atoms with Crippen LogP contribution in [0.1, 0.15) is 51.8 Å². The van der Waals surface area contributed by atoms with Gasteiger partial charge in [0.25, 0.3) is 0 Å². The first kappa shape index (κ1) is 21.0. The van der Waals surface area contributed by atoms with Gasteiger partial charge in [0.05, 0.1) is 11.4 Å². The fourth-order valence-corrected chi connectivity index (χ4v) is 4.74.